The summed E-state index contributed by atoms with van der Waals surface area (Å²) in [6.45, 7) is 1.59. The predicted molar refractivity (Wildman–Crippen MR) is 111 cm³/mol. The van der Waals surface area contributed by atoms with Crippen LogP contribution >= 0.6 is 0 Å². The highest BCUT2D eigenvalue weighted by atomic mass is 16.5. The van der Waals surface area contributed by atoms with Gasteiger partial charge < -0.3 is 15.4 Å². The largest absolute Gasteiger partial charge is 0.483 e. The lowest BCUT2D eigenvalue weighted by Gasteiger charge is -2.27. The van der Waals surface area contributed by atoms with Crippen molar-refractivity contribution in [2.24, 2.45) is 0 Å². The van der Waals surface area contributed by atoms with E-state index in [4.69, 9.17) is 10.5 Å². The molecular weight excluding hydrogens is 364 g/mol. The van der Waals surface area contributed by atoms with Crippen LogP contribution in [-0.4, -0.2) is 35.5 Å². The van der Waals surface area contributed by atoms with Crippen molar-refractivity contribution in [2.75, 3.05) is 25.4 Å². The van der Waals surface area contributed by atoms with Crippen molar-refractivity contribution in [3.63, 3.8) is 0 Å². The molecule has 29 heavy (non-hydrogen) atoms. The van der Waals surface area contributed by atoms with E-state index in [9.17, 15) is 10.1 Å². The Morgan fingerprint density at radius 2 is 1.93 bits per heavy atom. The molecule has 1 aromatic carbocycles. The van der Waals surface area contributed by atoms with Gasteiger partial charge in [0.15, 0.2) is 6.61 Å². The number of rotatable bonds is 5. The van der Waals surface area contributed by atoms with Crippen LogP contribution < -0.4 is 10.5 Å². The molecule has 1 saturated heterocycles. The van der Waals surface area contributed by atoms with Gasteiger partial charge in [-0.15, -0.1) is 0 Å². The van der Waals surface area contributed by atoms with Gasteiger partial charge in [0, 0.05) is 35.8 Å². The molecule has 2 N–H and O–H groups in total. The monoisotopic (exact) mass is 390 g/mol. The SMILES string of the molecule is N#Cc1c(-c2ccccc2OCC(=O)N2CCCCC2)cc(C2CCC2)nc1N. The Morgan fingerprint density at radius 3 is 2.62 bits per heavy atom. The van der Waals surface area contributed by atoms with E-state index in [2.05, 4.69) is 11.1 Å². The summed E-state index contributed by atoms with van der Waals surface area (Å²) >= 11 is 0. The predicted octanol–water partition coefficient (Wildman–Crippen LogP) is 3.86. The van der Waals surface area contributed by atoms with Crippen LogP contribution in [0.25, 0.3) is 11.1 Å². The second-order valence-electron chi connectivity index (χ2n) is 7.82. The molecule has 2 heterocycles. The van der Waals surface area contributed by atoms with Crippen LogP contribution in [0.4, 0.5) is 5.82 Å². The molecule has 2 fully saturated rings. The molecule has 2 aromatic rings. The third-order valence-corrected chi connectivity index (χ3v) is 5.94. The molecule has 4 rings (SSSR count). The first kappa shape index (κ1) is 19.3. The number of likely N-dealkylation sites (tertiary alicyclic amines) is 1. The summed E-state index contributed by atoms with van der Waals surface area (Å²) < 4.78 is 5.92. The average molecular weight is 390 g/mol. The van der Waals surface area contributed by atoms with Crippen LogP contribution in [0.3, 0.4) is 0 Å². The Labute approximate surface area is 171 Å². The highest BCUT2D eigenvalue weighted by molar-refractivity contribution is 5.81. The van der Waals surface area contributed by atoms with Gasteiger partial charge in [0.2, 0.25) is 0 Å². The third-order valence-electron chi connectivity index (χ3n) is 5.94. The van der Waals surface area contributed by atoms with Crippen molar-refractivity contribution in [3.05, 3.63) is 41.6 Å². The summed E-state index contributed by atoms with van der Waals surface area (Å²) in [4.78, 5) is 18.8. The fourth-order valence-electron chi connectivity index (χ4n) is 4.02. The molecule has 1 aromatic heterocycles. The van der Waals surface area contributed by atoms with E-state index in [0.717, 1.165) is 55.6 Å². The van der Waals surface area contributed by atoms with Gasteiger partial charge in [-0.05, 0) is 44.2 Å². The standard InChI is InChI=1S/C23H26N4O2/c24-14-19-18(13-20(26-23(19)25)16-7-6-8-16)17-9-2-3-10-21(17)29-15-22(28)27-11-4-1-5-12-27/h2-3,9-10,13,16H,1,4-8,11-12,15H2,(H2,25,26). The maximum Gasteiger partial charge on any atom is 0.260 e. The van der Waals surface area contributed by atoms with Gasteiger partial charge in [-0.1, -0.05) is 24.6 Å². The van der Waals surface area contributed by atoms with Crippen molar-refractivity contribution < 1.29 is 9.53 Å². The number of nitriles is 1. The molecule has 0 bridgehead atoms. The van der Waals surface area contributed by atoms with E-state index < -0.39 is 0 Å². The summed E-state index contributed by atoms with van der Waals surface area (Å²) in [5.41, 5.74) is 8.90. The summed E-state index contributed by atoms with van der Waals surface area (Å²) in [5.74, 6) is 1.24. The molecule has 6 heteroatoms. The van der Waals surface area contributed by atoms with Crippen LogP contribution in [0.1, 0.15) is 55.7 Å². The summed E-state index contributed by atoms with van der Waals surface area (Å²) in [7, 11) is 0. The number of hydrogen-bond donors (Lipinski definition) is 1. The lowest BCUT2D eigenvalue weighted by atomic mass is 9.81. The number of carbonyl (C=O) groups is 1. The number of carbonyl (C=O) groups excluding carboxylic acids is 1. The lowest BCUT2D eigenvalue weighted by molar-refractivity contribution is -0.134. The van der Waals surface area contributed by atoms with Gasteiger partial charge in [0.05, 0.1) is 0 Å². The Kier molecular flexibility index (Phi) is 5.66. The number of nitrogens with zero attached hydrogens (tertiary/aromatic N) is 3. The number of anilines is 1. The number of piperidine rings is 1. The smallest absolute Gasteiger partial charge is 0.260 e. The quantitative estimate of drug-likeness (QED) is 0.837. The first-order valence-corrected chi connectivity index (χ1v) is 10.4. The molecule has 1 saturated carbocycles. The number of para-hydroxylation sites is 1. The first-order valence-electron chi connectivity index (χ1n) is 10.4. The number of benzene rings is 1. The minimum Gasteiger partial charge on any atom is -0.483 e. The van der Waals surface area contributed by atoms with Gasteiger partial charge in [0.25, 0.3) is 5.91 Å². The number of hydrogen-bond acceptors (Lipinski definition) is 5. The molecule has 1 amide bonds. The molecule has 6 nitrogen and oxygen atoms in total. The molecule has 1 aliphatic heterocycles. The molecule has 0 spiro atoms. The van der Waals surface area contributed by atoms with Crippen molar-refractivity contribution in [2.45, 2.75) is 44.4 Å². The number of nitrogen functional groups attached to an aromatic ring is 1. The Balaban J connectivity index is 1.61. The highest BCUT2D eigenvalue weighted by Gasteiger charge is 2.25. The van der Waals surface area contributed by atoms with Crippen molar-refractivity contribution in [1.82, 2.24) is 9.88 Å². The van der Waals surface area contributed by atoms with Gasteiger partial charge in [-0.25, -0.2) is 4.98 Å². The fraction of sp³-hybridized carbons (Fsp3) is 0.435. The molecule has 2 aliphatic rings. The minimum absolute atomic E-state index is 0.00408. The number of amides is 1. The van der Waals surface area contributed by atoms with Gasteiger partial charge in [-0.2, -0.15) is 5.26 Å². The van der Waals surface area contributed by atoms with E-state index >= 15 is 0 Å². The summed E-state index contributed by atoms with van der Waals surface area (Å²) in [5, 5.41) is 9.67. The van der Waals surface area contributed by atoms with Gasteiger partial charge >= 0.3 is 0 Å². The Hall–Kier alpha value is -3.07. The second kappa shape index (κ2) is 8.52. The summed E-state index contributed by atoms with van der Waals surface area (Å²) in [6.07, 6.45) is 6.67. The number of ether oxygens (including phenoxy) is 1. The molecular formula is C23H26N4O2. The highest BCUT2D eigenvalue weighted by Crippen LogP contribution is 2.40. The van der Waals surface area contributed by atoms with Crippen molar-refractivity contribution >= 4 is 11.7 Å². The van der Waals surface area contributed by atoms with Crippen LogP contribution in [0.15, 0.2) is 30.3 Å². The molecule has 0 atom stereocenters. The van der Waals surface area contributed by atoms with Crippen LogP contribution in [0.5, 0.6) is 5.75 Å². The molecule has 0 unspecified atom stereocenters. The van der Waals surface area contributed by atoms with Crippen LogP contribution in [0, 0.1) is 11.3 Å². The van der Waals surface area contributed by atoms with E-state index in [1.807, 2.05) is 35.2 Å². The Morgan fingerprint density at radius 1 is 1.17 bits per heavy atom. The van der Waals surface area contributed by atoms with Crippen LogP contribution in [0.2, 0.25) is 0 Å². The zero-order valence-corrected chi connectivity index (χ0v) is 16.6. The first-order chi connectivity index (χ1) is 14.2. The fourth-order valence-corrected chi connectivity index (χ4v) is 4.02. The third kappa shape index (κ3) is 4.04. The van der Waals surface area contributed by atoms with E-state index in [1.165, 1.54) is 12.8 Å². The van der Waals surface area contributed by atoms with Gasteiger partial charge in [0.1, 0.15) is 23.2 Å². The van der Waals surface area contributed by atoms with Crippen molar-refractivity contribution in [1.29, 1.82) is 5.26 Å². The topological polar surface area (TPSA) is 92.2 Å². The maximum atomic E-state index is 12.5. The molecule has 0 radical (unpaired) electrons. The number of nitrogens with two attached hydrogens (primary N) is 1. The van der Waals surface area contributed by atoms with E-state index in [0.29, 0.717) is 17.2 Å². The van der Waals surface area contributed by atoms with Crippen molar-refractivity contribution in [3.8, 4) is 22.9 Å². The average Bonchev–Trinajstić information content (AvgIpc) is 2.71. The maximum absolute atomic E-state index is 12.5. The lowest BCUT2D eigenvalue weighted by Crippen LogP contribution is -2.38. The second-order valence-corrected chi connectivity index (χ2v) is 7.82. The summed E-state index contributed by atoms with van der Waals surface area (Å²) in [6, 6.07) is 11.7. The van der Waals surface area contributed by atoms with E-state index in [1.54, 1.807) is 0 Å². The zero-order chi connectivity index (χ0) is 20.2. The van der Waals surface area contributed by atoms with E-state index in [-0.39, 0.29) is 18.3 Å². The molecule has 1 aliphatic carbocycles. The minimum atomic E-state index is -0.00501. The van der Waals surface area contributed by atoms with Crippen LogP contribution in [-0.2, 0) is 4.79 Å². The zero-order valence-electron chi connectivity index (χ0n) is 16.6. The number of pyridine rings is 1. The van der Waals surface area contributed by atoms with Gasteiger partial charge in [-0.3, -0.25) is 4.79 Å². The normalized spacial score (nSPS) is 16.7. The Bertz CT molecular complexity index is 940. The number of aromatic nitrogens is 1. The molecule has 150 valence electrons.